The molecule has 0 bridgehead atoms. The van der Waals surface area contributed by atoms with E-state index in [2.05, 4.69) is 12.2 Å². The molecule has 129 valence electrons. The zero-order valence-corrected chi connectivity index (χ0v) is 18.9. The normalized spacial score (nSPS) is 20.8. The summed E-state index contributed by atoms with van der Waals surface area (Å²) in [5.74, 6) is -0.0108. The van der Waals surface area contributed by atoms with Crippen LogP contribution in [0.4, 0.5) is 10.1 Å². The van der Waals surface area contributed by atoms with Gasteiger partial charge in [0.1, 0.15) is 5.82 Å². The summed E-state index contributed by atoms with van der Waals surface area (Å²) >= 11 is 0. The summed E-state index contributed by atoms with van der Waals surface area (Å²) in [5, 5.41) is 3.11. The van der Waals surface area contributed by atoms with Crippen LogP contribution in [0.1, 0.15) is 50.2 Å². The van der Waals surface area contributed by atoms with E-state index < -0.39 is 7.26 Å². The van der Waals surface area contributed by atoms with Crippen molar-refractivity contribution in [2.75, 3.05) is 23.8 Å². The summed E-state index contributed by atoms with van der Waals surface area (Å²) in [6, 6.07) is 3.02. The average molecular weight is 425 g/mol. The minimum absolute atomic E-state index is 0. The summed E-state index contributed by atoms with van der Waals surface area (Å²) in [7, 11) is -1.18. The Morgan fingerprint density at radius 1 is 1.17 bits per heavy atom. The monoisotopic (exact) mass is 425 g/mol. The van der Waals surface area contributed by atoms with Crippen LogP contribution in [0.3, 0.4) is 0 Å². The van der Waals surface area contributed by atoms with Gasteiger partial charge in [-0.25, -0.2) is 4.39 Å². The molecule has 2 fully saturated rings. The van der Waals surface area contributed by atoms with Crippen LogP contribution in [0, 0.1) is 19.7 Å². The van der Waals surface area contributed by atoms with E-state index in [4.69, 9.17) is 0 Å². The molecule has 1 heterocycles. The number of anilines is 1. The van der Waals surface area contributed by atoms with E-state index in [-0.39, 0.29) is 49.6 Å². The van der Waals surface area contributed by atoms with Crippen molar-refractivity contribution in [2.45, 2.75) is 58.0 Å². The molecule has 2 nitrogen and oxygen atoms in total. The Morgan fingerprint density at radius 2 is 1.71 bits per heavy atom. The van der Waals surface area contributed by atoms with Crippen LogP contribution in [0.2, 0.25) is 0 Å². The molecule has 0 aromatic heterocycles. The number of hydrogen-bond donors (Lipinski definition) is 1. The maximum Gasteiger partial charge on any atom is 0.268 e. The number of carbonyl (C=O) groups excluding carboxylic acids is 1. The number of halogens is 1. The van der Waals surface area contributed by atoms with Gasteiger partial charge in [-0.05, 0) is 76.1 Å². The van der Waals surface area contributed by atoms with E-state index in [0.29, 0.717) is 0 Å². The number of aryl methyl sites for hydroxylation is 2. The van der Waals surface area contributed by atoms with Crippen molar-refractivity contribution in [1.29, 1.82) is 0 Å². The molecule has 1 saturated carbocycles. The topological polar surface area (TPSA) is 29.1 Å². The second-order valence-corrected chi connectivity index (χ2v) is 12.0. The number of rotatable bonds is 4. The zero-order chi connectivity index (χ0) is 16.7. The minimum atomic E-state index is -1.18. The van der Waals surface area contributed by atoms with Crippen LogP contribution >= 0.6 is 7.26 Å². The summed E-state index contributed by atoms with van der Waals surface area (Å²) < 4.78 is 13.5. The maximum absolute atomic E-state index is 13.5. The fourth-order valence-corrected chi connectivity index (χ4v) is 10.5. The van der Waals surface area contributed by atoms with Crippen LogP contribution < -0.4 is 5.32 Å². The van der Waals surface area contributed by atoms with Crippen molar-refractivity contribution < 1.29 is 41.9 Å². The Labute approximate surface area is 171 Å². The quantitative estimate of drug-likeness (QED) is 0.666. The fourth-order valence-electron chi connectivity index (χ4n) is 4.75. The smallest absolute Gasteiger partial charge is 0.268 e. The summed E-state index contributed by atoms with van der Waals surface area (Å²) in [6.07, 6.45) is 9.66. The van der Waals surface area contributed by atoms with E-state index in [1.54, 1.807) is 0 Å². The number of nitrogens with one attached hydrogen (secondary N) is 1. The van der Waals surface area contributed by atoms with Gasteiger partial charge in [-0.1, -0.05) is 0 Å². The Kier molecular flexibility index (Phi) is 6.66. The van der Waals surface area contributed by atoms with Gasteiger partial charge in [0.25, 0.3) is 5.91 Å². The summed E-state index contributed by atoms with van der Waals surface area (Å²) in [5.41, 5.74) is 2.46. The minimum Gasteiger partial charge on any atom is -0.322 e. The third-order valence-corrected chi connectivity index (χ3v) is 12.3. The predicted molar refractivity (Wildman–Crippen MR) is 97.5 cm³/mol. The van der Waals surface area contributed by atoms with Gasteiger partial charge in [0.2, 0.25) is 0 Å². The molecule has 1 aromatic carbocycles. The number of benzene rings is 1. The molecule has 1 aliphatic carbocycles. The SMILES string of the molecule is CC[P+]1(C2(C(=O)Nc3c(C)cc(F)cc3C)CCC2)CCCC1.[Y]. The largest absolute Gasteiger partial charge is 0.322 e. The molecule has 3 rings (SSSR count). The van der Waals surface area contributed by atoms with Gasteiger partial charge in [0.05, 0.1) is 18.5 Å². The number of amides is 1. The average Bonchev–Trinajstić information content (AvgIpc) is 2.91. The first-order valence-electron chi connectivity index (χ1n) is 8.88. The van der Waals surface area contributed by atoms with Crippen molar-refractivity contribution in [1.82, 2.24) is 0 Å². The van der Waals surface area contributed by atoms with Gasteiger partial charge in [-0.2, -0.15) is 0 Å². The first kappa shape index (κ1) is 20.5. The second kappa shape index (κ2) is 7.81. The number of carbonyl (C=O) groups is 1. The van der Waals surface area contributed by atoms with Crippen molar-refractivity contribution in [3.05, 3.63) is 29.1 Å². The van der Waals surface area contributed by atoms with E-state index >= 15 is 0 Å². The van der Waals surface area contributed by atoms with Crippen LogP contribution in [0.15, 0.2) is 12.1 Å². The molecule has 0 spiro atoms. The number of hydrogen-bond acceptors (Lipinski definition) is 1. The zero-order valence-electron chi connectivity index (χ0n) is 15.1. The first-order valence-corrected chi connectivity index (χ1v) is 11.2. The molecule has 0 unspecified atom stereocenters. The Balaban J connectivity index is 0.00000208. The Bertz CT molecular complexity index is 601. The molecule has 1 N–H and O–H groups in total. The van der Waals surface area contributed by atoms with Gasteiger partial charge in [-0.3, -0.25) is 4.79 Å². The summed E-state index contributed by atoms with van der Waals surface area (Å²) in [4.78, 5) is 13.3. The molecule has 2 aliphatic rings. The third-order valence-electron chi connectivity index (χ3n) is 6.27. The van der Waals surface area contributed by atoms with E-state index in [0.717, 1.165) is 29.7 Å². The molecular formula is C19H28FNOPY+. The van der Waals surface area contributed by atoms with Gasteiger partial charge in [0, 0.05) is 45.7 Å². The Morgan fingerprint density at radius 3 is 2.12 bits per heavy atom. The molecule has 1 aliphatic heterocycles. The molecular weight excluding hydrogens is 397 g/mol. The molecule has 1 aromatic rings. The molecule has 0 atom stereocenters. The third kappa shape index (κ3) is 3.26. The molecule has 1 amide bonds. The second-order valence-electron chi connectivity index (χ2n) is 7.37. The van der Waals surface area contributed by atoms with E-state index in [1.165, 1.54) is 49.9 Å². The molecule has 1 radical (unpaired) electrons. The van der Waals surface area contributed by atoms with E-state index in [1.807, 2.05) is 13.8 Å². The van der Waals surface area contributed by atoms with Crippen LogP contribution in [-0.4, -0.2) is 29.5 Å². The van der Waals surface area contributed by atoms with Crippen molar-refractivity contribution in [2.24, 2.45) is 0 Å². The van der Waals surface area contributed by atoms with E-state index in [9.17, 15) is 9.18 Å². The van der Waals surface area contributed by atoms with Crippen molar-refractivity contribution in [3.63, 3.8) is 0 Å². The van der Waals surface area contributed by atoms with Crippen LogP contribution in [0.25, 0.3) is 0 Å². The van der Waals surface area contributed by atoms with Crippen molar-refractivity contribution >= 4 is 18.9 Å². The molecule has 24 heavy (non-hydrogen) atoms. The van der Waals surface area contributed by atoms with Crippen molar-refractivity contribution in [3.8, 4) is 0 Å². The van der Waals surface area contributed by atoms with Gasteiger partial charge in [-0.15, -0.1) is 0 Å². The van der Waals surface area contributed by atoms with Crippen LogP contribution in [-0.2, 0) is 37.5 Å². The standard InChI is InChI=1S/C19H27FNOP.Y/c1-4-23(10-5-6-11-23)19(8-7-9-19)18(22)21-17-14(2)12-16(20)13-15(17)3;/h12-13H,4-11H2,1-3H3;/p+1. The van der Waals surface area contributed by atoms with Gasteiger partial charge < -0.3 is 5.32 Å². The first-order chi connectivity index (χ1) is 10.9. The fraction of sp³-hybridized carbons (Fsp3) is 0.632. The molecule has 5 heteroatoms. The molecule has 1 saturated heterocycles. The Hall–Kier alpha value is 0.154. The van der Waals surface area contributed by atoms with Gasteiger partial charge in [0.15, 0.2) is 5.16 Å². The predicted octanol–water partition coefficient (Wildman–Crippen LogP) is 5.13. The summed E-state index contributed by atoms with van der Waals surface area (Å²) in [6.45, 7) is 6.04. The van der Waals surface area contributed by atoms with Gasteiger partial charge >= 0.3 is 0 Å². The van der Waals surface area contributed by atoms with Crippen LogP contribution in [0.5, 0.6) is 0 Å². The maximum atomic E-state index is 13.5.